The number of aliphatic hydroxyl groups excluding tert-OH is 2. The van der Waals surface area contributed by atoms with Gasteiger partial charge in [0.2, 0.25) is 5.76 Å². The number of carbonyl (C=O) groups excluding carboxylic acids is 1. The molecule has 2 N–H and O–H groups in total. The Hall–Kier alpha value is -2.35. The number of hydrogen-bond donors (Lipinski definition) is 2. The largest absolute Gasteiger partial charge is 0.463 e. The minimum absolute atomic E-state index is 0.119. The van der Waals surface area contributed by atoms with Gasteiger partial charge in [-0.25, -0.2) is 4.79 Å². The SMILES string of the molecule is CC[C@H]1[C@@H]2C[C@H]3[C@@H]4N(C)c5ccccc5[C@@]45C[C@@H]([C@@H]2[C@@H]5O)[N@@+]3(Cc2ccc(C(=O)OC)o2)[C@@H]1O. The lowest BCUT2D eigenvalue weighted by atomic mass is 9.60. The minimum Gasteiger partial charge on any atom is -0.463 e. The highest BCUT2D eigenvalue weighted by Crippen LogP contribution is 2.71. The summed E-state index contributed by atoms with van der Waals surface area (Å²) in [5.74, 6) is 1.04. The molecule has 1 aliphatic carbocycles. The van der Waals surface area contributed by atoms with E-state index in [1.807, 2.05) is 6.07 Å². The number of likely N-dealkylation sites (N-methyl/N-ethyl adjacent to an activating group) is 1. The summed E-state index contributed by atoms with van der Waals surface area (Å²) in [4.78, 5) is 14.4. The van der Waals surface area contributed by atoms with Gasteiger partial charge in [-0.15, -0.1) is 0 Å². The van der Waals surface area contributed by atoms with E-state index < -0.39 is 18.3 Å². The maximum atomic E-state index is 12.1. The van der Waals surface area contributed by atoms with E-state index in [4.69, 9.17) is 9.15 Å². The van der Waals surface area contributed by atoms with Crippen LogP contribution in [0.4, 0.5) is 5.69 Å². The number of nitrogens with zero attached hydrogens (tertiary/aromatic N) is 2. The molecule has 6 heterocycles. The minimum atomic E-state index is -0.512. The van der Waals surface area contributed by atoms with Gasteiger partial charge in [0.05, 0.1) is 30.7 Å². The van der Waals surface area contributed by atoms with E-state index in [0.717, 1.165) is 19.3 Å². The number of esters is 1. The van der Waals surface area contributed by atoms with Gasteiger partial charge in [-0.3, -0.25) is 4.48 Å². The van der Waals surface area contributed by atoms with Crippen LogP contribution >= 0.6 is 0 Å². The first-order valence-electron chi connectivity index (χ1n) is 12.6. The average molecular weight is 466 g/mol. The maximum Gasteiger partial charge on any atom is 0.373 e. The van der Waals surface area contributed by atoms with E-state index in [1.165, 1.54) is 18.4 Å². The first-order valence-corrected chi connectivity index (χ1v) is 12.6. The van der Waals surface area contributed by atoms with Gasteiger partial charge >= 0.3 is 5.97 Å². The molecule has 34 heavy (non-hydrogen) atoms. The Morgan fingerprint density at radius 2 is 2.03 bits per heavy atom. The predicted octanol–water partition coefficient (Wildman–Crippen LogP) is 2.65. The molecule has 10 atom stereocenters. The number of methoxy groups -OCH3 is 1. The molecule has 1 spiro atoms. The van der Waals surface area contributed by atoms with Crippen LogP contribution in [0, 0.1) is 17.8 Å². The fraction of sp³-hybridized carbons (Fsp3) is 0.593. The molecule has 5 fully saturated rings. The molecule has 0 unspecified atom stereocenters. The number of anilines is 1. The van der Waals surface area contributed by atoms with Crippen LogP contribution in [0.5, 0.6) is 0 Å². The van der Waals surface area contributed by atoms with Crippen LogP contribution in [0.1, 0.15) is 48.1 Å². The molecule has 0 amide bonds. The monoisotopic (exact) mass is 465 g/mol. The normalized spacial score (nSPS) is 44.9. The fourth-order valence-electron chi connectivity index (χ4n) is 9.65. The quantitative estimate of drug-likeness (QED) is 0.534. The molecule has 1 saturated carbocycles. The van der Waals surface area contributed by atoms with E-state index in [9.17, 15) is 15.0 Å². The van der Waals surface area contributed by atoms with Crippen LogP contribution in [0.25, 0.3) is 0 Å². The highest BCUT2D eigenvalue weighted by atomic mass is 16.5. The van der Waals surface area contributed by atoms with Gasteiger partial charge in [0.15, 0.2) is 12.0 Å². The molecule has 8 rings (SSSR count). The lowest BCUT2D eigenvalue weighted by molar-refractivity contribution is -1.05. The summed E-state index contributed by atoms with van der Waals surface area (Å²) in [6, 6.07) is 12.6. The van der Waals surface area contributed by atoms with Crippen LogP contribution in [-0.2, 0) is 16.7 Å². The zero-order valence-corrected chi connectivity index (χ0v) is 19.9. The van der Waals surface area contributed by atoms with E-state index in [2.05, 4.69) is 43.1 Å². The number of rotatable bonds is 4. The van der Waals surface area contributed by atoms with Crippen LogP contribution < -0.4 is 4.90 Å². The number of para-hydroxylation sites is 1. The zero-order chi connectivity index (χ0) is 23.6. The second-order valence-corrected chi connectivity index (χ2v) is 11.3. The van der Waals surface area contributed by atoms with Crippen molar-refractivity contribution in [3.63, 3.8) is 0 Å². The third kappa shape index (κ3) is 2.10. The summed E-state index contributed by atoms with van der Waals surface area (Å²) in [5, 5.41) is 24.1. The van der Waals surface area contributed by atoms with Gasteiger partial charge in [0.1, 0.15) is 12.6 Å². The molecule has 0 radical (unpaired) electrons. The van der Waals surface area contributed by atoms with Crippen molar-refractivity contribution in [3.05, 3.63) is 53.5 Å². The van der Waals surface area contributed by atoms with Gasteiger partial charge in [0.25, 0.3) is 0 Å². The van der Waals surface area contributed by atoms with Crippen molar-refractivity contribution in [1.29, 1.82) is 0 Å². The third-order valence-electron chi connectivity index (χ3n) is 10.6. The van der Waals surface area contributed by atoms with Crippen molar-refractivity contribution in [1.82, 2.24) is 0 Å². The molecule has 6 aliphatic rings. The fourth-order valence-corrected chi connectivity index (χ4v) is 9.65. The van der Waals surface area contributed by atoms with Gasteiger partial charge in [-0.1, -0.05) is 25.1 Å². The Balaban J connectivity index is 1.41. The Labute approximate surface area is 199 Å². The summed E-state index contributed by atoms with van der Waals surface area (Å²) >= 11 is 0. The second kappa shape index (κ2) is 6.65. The van der Waals surface area contributed by atoms with E-state index >= 15 is 0 Å². The third-order valence-corrected chi connectivity index (χ3v) is 10.6. The predicted molar refractivity (Wildman–Crippen MR) is 124 cm³/mol. The summed E-state index contributed by atoms with van der Waals surface area (Å²) in [5.41, 5.74) is 2.20. The first kappa shape index (κ1) is 21.0. The molecule has 5 bridgehead atoms. The van der Waals surface area contributed by atoms with Crippen LogP contribution in [0.15, 0.2) is 40.8 Å². The molecule has 7 heteroatoms. The lowest BCUT2D eigenvalue weighted by Gasteiger charge is -2.67. The Morgan fingerprint density at radius 1 is 1.24 bits per heavy atom. The molecule has 2 aromatic rings. The van der Waals surface area contributed by atoms with Crippen molar-refractivity contribution in [2.45, 2.75) is 68.6 Å². The van der Waals surface area contributed by atoms with E-state index in [0.29, 0.717) is 22.7 Å². The molecule has 1 aromatic heterocycles. The molecular formula is C27H33N2O5+. The van der Waals surface area contributed by atoms with Crippen LogP contribution in [-0.4, -0.2) is 65.3 Å². The molecule has 4 saturated heterocycles. The summed E-state index contributed by atoms with van der Waals surface area (Å²) in [6.45, 7) is 2.69. The van der Waals surface area contributed by atoms with E-state index in [1.54, 1.807) is 6.07 Å². The molecule has 1 aromatic carbocycles. The first-order chi connectivity index (χ1) is 16.4. The summed E-state index contributed by atoms with van der Waals surface area (Å²) < 4.78 is 11.3. The Kier molecular flexibility index (Phi) is 4.10. The number of hydrogen-bond acceptors (Lipinski definition) is 6. The van der Waals surface area contributed by atoms with Gasteiger partial charge < -0.3 is 24.3 Å². The number of carbonyl (C=O) groups is 1. The number of furan rings is 1. The summed E-state index contributed by atoms with van der Waals surface area (Å²) in [7, 11) is 3.51. The highest BCUT2D eigenvalue weighted by molar-refractivity contribution is 5.86. The topological polar surface area (TPSA) is 83.1 Å². The maximum absolute atomic E-state index is 12.1. The van der Waals surface area contributed by atoms with Crippen LogP contribution in [0.2, 0.25) is 0 Å². The molecular weight excluding hydrogens is 432 g/mol. The lowest BCUT2D eigenvalue weighted by Crippen LogP contribution is -2.82. The van der Waals surface area contributed by atoms with Crippen molar-refractivity contribution in [3.8, 4) is 0 Å². The molecule has 5 aliphatic heterocycles. The highest BCUT2D eigenvalue weighted by Gasteiger charge is 2.83. The number of quaternary nitrogens is 1. The smallest absolute Gasteiger partial charge is 0.373 e. The molecule has 7 nitrogen and oxygen atoms in total. The van der Waals surface area contributed by atoms with E-state index in [-0.39, 0.29) is 41.1 Å². The van der Waals surface area contributed by atoms with Crippen LogP contribution in [0.3, 0.4) is 0 Å². The number of fused-ring (bicyclic) bond motifs is 2. The zero-order valence-electron chi connectivity index (χ0n) is 19.9. The summed E-state index contributed by atoms with van der Waals surface area (Å²) in [6.07, 6.45) is 1.83. The number of piperidine rings is 4. The molecule has 180 valence electrons. The average Bonchev–Trinajstić information content (AvgIpc) is 3.47. The number of benzene rings is 1. The Morgan fingerprint density at radius 3 is 2.79 bits per heavy atom. The second-order valence-electron chi connectivity index (χ2n) is 11.3. The standard InChI is InChI=1S/C27H33N2O5/c1-4-15-16-11-19-23-27(17-7-5-6-8-18(17)28(23)2)12-20(22(16)24(27)30)29(19,25(15)31)13-14-9-10-21(34-14)26(32)33-3/h5-10,15-16,19-20,22-25,30-31H,4,11-13H2,1-3H3/q+1/t15-,16-,19-,20-,22+,23-,24-,25+,27-,29-/m0/s1. The van der Waals surface area contributed by atoms with Gasteiger partial charge in [-0.2, -0.15) is 0 Å². The number of aliphatic hydroxyl groups is 2. The van der Waals surface area contributed by atoms with Crippen molar-refractivity contribution in [2.24, 2.45) is 17.8 Å². The van der Waals surface area contributed by atoms with Crippen molar-refractivity contribution >= 4 is 11.7 Å². The van der Waals surface area contributed by atoms with Crippen molar-refractivity contribution in [2.75, 3.05) is 19.1 Å². The van der Waals surface area contributed by atoms with Gasteiger partial charge in [-0.05, 0) is 36.1 Å². The Bertz CT molecular complexity index is 1180. The van der Waals surface area contributed by atoms with Gasteiger partial charge in [0, 0.05) is 37.4 Å². The van der Waals surface area contributed by atoms with Crippen molar-refractivity contribution < 1.29 is 28.6 Å². The number of ether oxygens (including phenoxy) is 1.